The van der Waals surface area contributed by atoms with Gasteiger partial charge in [0.2, 0.25) is 23.6 Å². The van der Waals surface area contributed by atoms with E-state index in [1.165, 1.54) is 22.8 Å². The lowest BCUT2D eigenvalue weighted by molar-refractivity contribution is -0.715. The van der Waals surface area contributed by atoms with Crippen LogP contribution in [0.3, 0.4) is 0 Å². The Morgan fingerprint density at radius 2 is 1.55 bits per heavy atom. The van der Waals surface area contributed by atoms with Gasteiger partial charge in [-0.15, -0.1) is 0 Å². The molecule has 0 atom stereocenters. The van der Waals surface area contributed by atoms with E-state index in [-0.39, 0.29) is 33.5 Å². The van der Waals surface area contributed by atoms with Crippen molar-refractivity contribution < 1.29 is 22.6 Å². The summed E-state index contributed by atoms with van der Waals surface area (Å²) < 4.78 is 31.8. The summed E-state index contributed by atoms with van der Waals surface area (Å²) in [5.74, 6) is -0.978. The van der Waals surface area contributed by atoms with Crippen LogP contribution in [-0.2, 0) is 10.0 Å². The maximum Gasteiger partial charge on any atom is 0.262 e. The van der Waals surface area contributed by atoms with E-state index >= 15 is 0 Å². The molecule has 1 aliphatic carbocycles. The fourth-order valence-electron chi connectivity index (χ4n) is 3.42. The number of carbonyl (C=O) groups is 2. The summed E-state index contributed by atoms with van der Waals surface area (Å²) in [4.78, 5) is 26.6. The Morgan fingerprint density at radius 1 is 0.935 bits per heavy atom. The molecule has 0 amide bonds. The third kappa shape index (κ3) is 3.70. The molecule has 0 aliphatic heterocycles. The van der Waals surface area contributed by atoms with E-state index in [2.05, 4.69) is 4.72 Å². The van der Waals surface area contributed by atoms with Crippen molar-refractivity contribution in [3.05, 3.63) is 89.6 Å². The summed E-state index contributed by atoms with van der Waals surface area (Å²) in [6, 6.07) is 12.8. The molecule has 7 nitrogen and oxygen atoms in total. The van der Waals surface area contributed by atoms with Gasteiger partial charge in [0.1, 0.15) is 18.1 Å². The molecule has 0 fully saturated rings. The number of nitrogens with zero attached hydrogens (tertiary/aromatic N) is 2. The molecule has 0 saturated heterocycles. The van der Waals surface area contributed by atoms with E-state index in [0.29, 0.717) is 0 Å². The zero-order chi connectivity index (χ0) is 22.3. The highest BCUT2D eigenvalue weighted by molar-refractivity contribution is 7.89. The number of Topliss-reactive ketones (excluding diaryl/α,β-unsaturated/α-hetero) is 2. The summed E-state index contributed by atoms with van der Waals surface area (Å²) in [7, 11) is -4.09. The van der Waals surface area contributed by atoms with E-state index in [4.69, 9.17) is 0 Å². The second-order valence-electron chi connectivity index (χ2n) is 7.71. The predicted octanol–water partition coefficient (Wildman–Crippen LogP) is 2.89. The Bertz CT molecular complexity index is 1330. The van der Waals surface area contributed by atoms with Crippen LogP contribution in [0.15, 0.2) is 77.8 Å². The van der Waals surface area contributed by atoms with Crippen molar-refractivity contribution in [2.45, 2.75) is 31.7 Å². The van der Waals surface area contributed by atoms with Crippen LogP contribution < -0.4 is 9.29 Å². The van der Waals surface area contributed by atoms with Crippen LogP contribution in [0.5, 0.6) is 0 Å². The van der Waals surface area contributed by atoms with Gasteiger partial charge >= 0.3 is 0 Å². The SMILES string of the molecule is Cc1ccc(S(=O)(=O)NC2=C(n3cc[n+](C(C)C)c3)C(=O)c3ccccc3C2=O)cc1. The van der Waals surface area contributed by atoms with E-state index in [9.17, 15) is 18.0 Å². The quantitative estimate of drug-likeness (QED) is 0.623. The molecule has 158 valence electrons. The van der Waals surface area contributed by atoms with Gasteiger partial charge in [0.25, 0.3) is 10.0 Å². The van der Waals surface area contributed by atoms with Crippen molar-refractivity contribution in [1.82, 2.24) is 9.29 Å². The van der Waals surface area contributed by atoms with Crippen molar-refractivity contribution in [3.63, 3.8) is 0 Å². The third-order valence-electron chi connectivity index (χ3n) is 5.17. The van der Waals surface area contributed by atoms with E-state index in [1.54, 1.807) is 49.1 Å². The van der Waals surface area contributed by atoms with Crippen LogP contribution >= 0.6 is 0 Å². The van der Waals surface area contributed by atoms with Crippen LogP contribution in [-0.4, -0.2) is 24.6 Å². The van der Waals surface area contributed by atoms with Gasteiger partial charge in [0.05, 0.1) is 10.9 Å². The molecule has 2 aromatic carbocycles. The molecule has 1 aliphatic rings. The Hall–Kier alpha value is -3.52. The maximum atomic E-state index is 13.3. The Labute approximate surface area is 180 Å². The van der Waals surface area contributed by atoms with E-state index in [1.807, 2.05) is 25.3 Å². The van der Waals surface area contributed by atoms with Crippen molar-refractivity contribution in [1.29, 1.82) is 0 Å². The molecule has 1 heterocycles. The van der Waals surface area contributed by atoms with Gasteiger partial charge in [-0.1, -0.05) is 42.0 Å². The lowest BCUT2D eigenvalue weighted by Gasteiger charge is -2.19. The van der Waals surface area contributed by atoms with Crippen LogP contribution in [0.2, 0.25) is 0 Å². The molecule has 4 rings (SSSR count). The number of benzene rings is 2. The van der Waals surface area contributed by atoms with Crippen molar-refractivity contribution in [2.75, 3.05) is 0 Å². The molecular weight excluding hydrogens is 414 g/mol. The number of aryl methyl sites for hydroxylation is 1. The van der Waals surface area contributed by atoms with Crippen molar-refractivity contribution in [2.24, 2.45) is 0 Å². The number of allylic oxidation sites excluding steroid dienone is 2. The number of ketones is 2. The minimum Gasteiger partial charge on any atom is -0.287 e. The molecule has 0 saturated carbocycles. The molecule has 0 radical (unpaired) electrons. The number of hydrogen-bond acceptors (Lipinski definition) is 4. The summed E-state index contributed by atoms with van der Waals surface area (Å²) in [6.07, 6.45) is 5.07. The Balaban J connectivity index is 1.89. The molecular formula is C23H22N3O4S+. The first-order chi connectivity index (χ1) is 14.7. The second kappa shape index (κ2) is 7.63. The highest BCUT2D eigenvalue weighted by atomic mass is 32.2. The first-order valence-corrected chi connectivity index (χ1v) is 11.3. The number of imidazole rings is 1. The first-order valence-electron chi connectivity index (χ1n) is 9.80. The topological polar surface area (TPSA) is 89.1 Å². The van der Waals surface area contributed by atoms with Gasteiger partial charge in [-0.3, -0.25) is 14.3 Å². The molecule has 1 aromatic heterocycles. The molecule has 31 heavy (non-hydrogen) atoms. The maximum absolute atomic E-state index is 13.3. The fourth-order valence-corrected chi connectivity index (χ4v) is 4.49. The van der Waals surface area contributed by atoms with Gasteiger partial charge in [-0.05, 0) is 32.9 Å². The minimum atomic E-state index is -4.09. The smallest absolute Gasteiger partial charge is 0.262 e. The number of hydrogen-bond donors (Lipinski definition) is 1. The summed E-state index contributed by atoms with van der Waals surface area (Å²) in [5, 5.41) is 0. The average molecular weight is 437 g/mol. The largest absolute Gasteiger partial charge is 0.287 e. The van der Waals surface area contributed by atoms with Gasteiger partial charge in [-0.25, -0.2) is 13.0 Å². The van der Waals surface area contributed by atoms with Crippen LogP contribution in [0.4, 0.5) is 0 Å². The Morgan fingerprint density at radius 3 is 2.13 bits per heavy atom. The summed E-state index contributed by atoms with van der Waals surface area (Å²) >= 11 is 0. The number of rotatable bonds is 5. The van der Waals surface area contributed by atoms with Gasteiger partial charge < -0.3 is 0 Å². The predicted molar refractivity (Wildman–Crippen MR) is 115 cm³/mol. The molecule has 0 spiro atoms. The summed E-state index contributed by atoms with van der Waals surface area (Å²) in [6.45, 7) is 5.80. The lowest BCUT2D eigenvalue weighted by atomic mass is 9.90. The normalized spacial score (nSPS) is 14.2. The lowest BCUT2D eigenvalue weighted by Crippen LogP contribution is -2.36. The van der Waals surface area contributed by atoms with E-state index < -0.39 is 21.6 Å². The van der Waals surface area contributed by atoms with Gasteiger partial charge in [0.15, 0.2) is 0 Å². The molecule has 8 heteroatoms. The standard InChI is InChI=1S/C23H21N3O4S/c1-15(2)25-12-13-26(14-25)21-20(22(27)18-6-4-5-7-19(18)23(21)28)24-31(29,30)17-10-8-16(3)9-11-17/h4-15H,1-3H3/p+1. The first kappa shape index (κ1) is 20.7. The van der Waals surface area contributed by atoms with Crippen LogP contribution in [0, 0.1) is 6.92 Å². The Kier molecular flexibility index (Phi) is 5.10. The molecule has 1 N–H and O–H groups in total. The average Bonchev–Trinajstić information content (AvgIpc) is 3.22. The molecule has 0 bridgehead atoms. The highest BCUT2D eigenvalue weighted by Gasteiger charge is 2.38. The second-order valence-corrected chi connectivity index (χ2v) is 9.39. The summed E-state index contributed by atoms with van der Waals surface area (Å²) in [5.41, 5.74) is 1.02. The van der Waals surface area contributed by atoms with Crippen LogP contribution in [0.1, 0.15) is 46.2 Å². The number of sulfonamides is 1. The van der Waals surface area contributed by atoms with Crippen LogP contribution in [0.25, 0.3) is 5.70 Å². The van der Waals surface area contributed by atoms with Crippen molar-refractivity contribution >= 4 is 27.3 Å². The minimum absolute atomic E-state index is 0.00816. The number of fused-ring (bicyclic) bond motifs is 1. The monoisotopic (exact) mass is 436 g/mol. The highest BCUT2D eigenvalue weighted by Crippen LogP contribution is 2.29. The number of carbonyl (C=O) groups excluding carboxylic acids is 2. The zero-order valence-corrected chi connectivity index (χ0v) is 18.2. The molecule has 3 aromatic rings. The molecule has 0 unspecified atom stereocenters. The third-order valence-corrected chi connectivity index (χ3v) is 6.54. The zero-order valence-electron chi connectivity index (χ0n) is 17.4. The number of nitrogens with one attached hydrogen (secondary N) is 1. The van der Waals surface area contributed by atoms with Gasteiger partial charge in [-0.2, -0.15) is 4.57 Å². The number of aromatic nitrogens is 2. The fraction of sp³-hybridized carbons (Fsp3) is 0.174. The van der Waals surface area contributed by atoms with E-state index in [0.717, 1.165) is 5.56 Å². The van der Waals surface area contributed by atoms with Gasteiger partial charge in [0, 0.05) is 11.1 Å². The van der Waals surface area contributed by atoms with Crippen molar-refractivity contribution in [3.8, 4) is 0 Å².